The van der Waals surface area contributed by atoms with Crippen LogP contribution in [-0.4, -0.2) is 23.9 Å². The van der Waals surface area contributed by atoms with Crippen LogP contribution in [0.3, 0.4) is 0 Å². The van der Waals surface area contributed by atoms with E-state index in [0.29, 0.717) is 5.69 Å². The number of carbonyl (C=O) groups excluding carboxylic acids is 2. The minimum atomic E-state index is -0.748. The molecule has 0 spiro atoms. The van der Waals surface area contributed by atoms with Crippen molar-refractivity contribution in [2.24, 2.45) is 0 Å². The summed E-state index contributed by atoms with van der Waals surface area (Å²) in [7, 11) is 0. The van der Waals surface area contributed by atoms with Crippen LogP contribution in [-0.2, 0) is 9.59 Å². The maximum absolute atomic E-state index is 13.4. The molecule has 2 rings (SSSR count). The maximum Gasteiger partial charge on any atom is 0.250 e. The summed E-state index contributed by atoms with van der Waals surface area (Å²) >= 11 is 11.4. The largest absolute Gasteiger partial charge is 0.343 e. The molecule has 1 aromatic carbocycles. The van der Waals surface area contributed by atoms with Crippen molar-refractivity contribution in [2.45, 2.75) is 25.9 Å². The molecule has 1 aliphatic heterocycles. The second-order valence-electron chi connectivity index (χ2n) is 4.34. The number of hydrogen-bond donors (Lipinski definition) is 1. The lowest BCUT2D eigenvalue weighted by atomic mass is 10.1. The van der Waals surface area contributed by atoms with E-state index in [9.17, 15) is 14.0 Å². The first-order valence-electron chi connectivity index (χ1n) is 5.61. The summed E-state index contributed by atoms with van der Waals surface area (Å²) in [5.74, 6) is -1.34. The second-order valence-corrected chi connectivity index (χ2v) is 5.15. The molecule has 1 saturated heterocycles. The van der Waals surface area contributed by atoms with E-state index in [2.05, 4.69) is 5.32 Å². The van der Waals surface area contributed by atoms with Crippen LogP contribution in [0.5, 0.6) is 0 Å². The average Bonchev–Trinajstić information content (AvgIpc) is 2.34. The van der Waals surface area contributed by atoms with Gasteiger partial charge in [-0.05, 0) is 26.0 Å². The van der Waals surface area contributed by atoms with Crippen molar-refractivity contribution in [3.8, 4) is 0 Å². The number of benzene rings is 1. The number of amides is 2. The first kappa shape index (κ1) is 14.1. The summed E-state index contributed by atoms with van der Waals surface area (Å²) in [6.45, 7) is 3.15. The van der Waals surface area contributed by atoms with Gasteiger partial charge in [-0.25, -0.2) is 4.39 Å². The van der Waals surface area contributed by atoms with Crippen molar-refractivity contribution in [2.75, 3.05) is 4.90 Å². The molecule has 1 aromatic rings. The summed E-state index contributed by atoms with van der Waals surface area (Å²) in [5, 5.41) is 2.16. The number of nitrogens with one attached hydrogen (secondary N) is 1. The molecule has 2 atom stereocenters. The highest BCUT2D eigenvalue weighted by atomic mass is 35.5. The molecule has 1 aliphatic rings. The van der Waals surface area contributed by atoms with Gasteiger partial charge in [0.05, 0.1) is 10.0 Å². The van der Waals surface area contributed by atoms with Gasteiger partial charge >= 0.3 is 0 Å². The number of nitrogens with zero attached hydrogens (tertiary/aromatic N) is 1. The standard InChI is InChI=1S/C12H11Cl2FN2O2/c1-5-12(19)17(6(2)11(18)16-5)7-3-8(13)10(15)9(14)4-7/h3-6H,1-2H3,(H,16,18). The van der Waals surface area contributed by atoms with Gasteiger partial charge in [-0.15, -0.1) is 0 Å². The van der Waals surface area contributed by atoms with Crippen molar-refractivity contribution in [3.63, 3.8) is 0 Å². The van der Waals surface area contributed by atoms with Crippen LogP contribution < -0.4 is 10.2 Å². The van der Waals surface area contributed by atoms with Crippen molar-refractivity contribution < 1.29 is 14.0 Å². The Morgan fingerprint density at radius 3 is 2.26 bits per heavy atom. The minimum absolute atomic E-state index is 0.193. The number of carbonyl (C=O) groups is 2. The van der Waals surface area contributed by atoms with Crippen LogP contribution in [0.4, 0.5) is 10.1 Å². The lowest BCUT2D eigenvalue weighted by Gasteiger charge is -2.36. The van der Waals surface area contributed by atoms with Gasteiger partial charge in [-0.2, -0.15) is 0 Å². The van der Waals surface area contributed by atoms with Crippen molar-refractivity contribution in [1.82, 2.24) is 5.32 Å². The number of rotatable bonds is 1. The topological polar surface area (TPSA) is 49.4 Å². The average molecular weight is 305 g/mol. The van der Waals surface area contributed by atoms with Gasteiger partial charge in [0.15, 0.2) is 5.82 Å². The molecule has 1 fully saturated rings. The third-order valence-electron chi connectivity index (χ3n) is 2.98. The fourth-order valence-electron chi connectivity index (χ4n) is 1.94. The zero-order valence-corrected chi connectivity index (χ0v) is 11.7. The van der Waals surface area contributed by atoms with Crippen molar-refractivity contribution >= 4 is 40.7 Å². The maximum atomic E-state index is 13.4. The van der Waals surface area contributed by atoms with Crippen LogP contribution >= 0.6 is 23.2 Å². The summed E-state index contributed by atoms with van der Waals surface area (Å²) in [5.41, 5.74) is 0.301. The Kier molecular flexibility index (Phi) is 3.69. The van der Waals surface area contributed by atoms with Gasteiger partial charge in [-0.3, -0.25) is 14.5 Å². The molecular weight excluding hydrogens is 294 g/mol. The van der Waals surface area contributed by atoms with Gasteiger partial charge in [-0.1, -0.05) is 23.2 Å². The number of anilines is 1. The summed E-state index contributed by atoms with van der Waals surface area (Å²) in [6.07, 6.45) is 0. The molecule has 4 nitrogen and oxygen atoms in total. The Balaban J connectivity index is 2.49. The van der Waals surface area contributed by atoms with Gasteiger partial charge in [0.25, 0.3) is 0 Å². The third kappa shape index (κ3) is 2.40. The molecule has 102 valence electrons. The first-order chi connectivity index (χ1) is 8.82. The fourth-order valence-corrected chi connectivity index (χ4v) is 2.42. The molecular formula is C12H11Cl2FN2O2. The number of hydrogen-bond acceptors (Lipinski definition) is 2. The van der Waals surface area contributed by atoms with E-state index >= 15 is 0 Å². The third-order valence-corrected chi connectivity index (χ3v) is 3.53. The monoisotopic (exact) mass is 304 g/mol. The van der Waals surface area contributed by atoms with Crippen molar-refractivity contribution in [3.05, 3.63) is 28.0 Å². The van der Waals surface area contributed by atoms with E-state index < -0.39 is 17.9 Å². The molecule has 0 saturated carbocycles. The van der Waals surface area contributed by atoms with E-state index in [-0.39, 0.29) is 21.9 Å². The van der Waals surface area contributed by atoms with E-state index in [4.69, 9.17) is 23.2 Å². The predicted molar refractivity (Wildman–Crippen MR) is 71.0 cm³/mol. The predicted octanol–water partition coefficient (Wildman–Crippen LogP) is 2.37. The molecule has 0 bridgehead atoms. The molecule has 2 unspecified atom stereocenters. The summed E-state index contributed by atoms with van der Waals surface area (Å²) in [4.78, 5) is 25.1. The minimum Gasteiger partial charge on any atom is -0.343 e. The van der Waals surface area contributed by atoms with E-state index in [0.717, 1.165) is 0 Å². The summed E-state index contributed by atoms with van der Waals surface area (Å²) < 4.78 is 13.4. The van der Waals surface area contributed by atoms with Gasteiger partial charge in [0.1, 0.15) is 12.1 Å². The van der Waals surface area contributed by atoms with E-state index in [1.54, 1.807) is 13.8 Å². The Labute approximate surface area is 119 Å². The highest BCUT2D eigenvalue weighted by Crippen LogP contribution is 2.31. The van der Waals surface area contributed by atoms with E-state index in [1.165, 1.54) is 17.0 Å². The van der Waals surface area contributed by atoms with Crippen LogP contribution in [0.1, 0.15) is 13.8 Å². The van der Waals surface area contributed by atoms with Crippen LogP contribution in [0.15, 0.2) is 12.1 Å². The molecule has 0 aliphatic carbocycles. The number of piperazine rings is 1. The number of halogens is 3. The zero-order valence-electron chi connectivity index (χ0n) is 10.2. The van der Waals surface area contributed by atoms with Crippen LogP contribution in [0.25, 0.3) is 0 Å². The highest BCUT2D eigenvalue weighted by Gasteiger charge is 2.37. The molecule has 0 aromatic heterocycles. The Hall–Kier alpha value is -1.33. The van der Waals surface area contributed by atoms with Crippen molar-refractivity contribution in [1.29, 1.82) is 0 Å². The second kappa shape index (κ2) is 4.98. The SMILES string of the molecule is CC1NC(=O)C(C)N(c2cc(Cl)c(F)c(Cl)c2)C1=O. The molecule has 1 heterocycles. The molecule has 0 radical (unpaired) electrons. The smallest absolute Gasteiger partial charge is 0.250 e. The normalized spacial score (nSPS) is 23.5. The highest BCUT2D eigenvalue weighted by molar-refractivity contribution is 6.35. The fraction of sp³-hybridized carbons (Fsp3) is 0.333. The van der Waals surface area contributed by atoms with Gasteiger partial charge < -0.3 is 5.32 Å². The molecule has 1 N–H and O–H groups in total. The zero-order chi connectivity index (χ0) is 14.3. The van der Waals surface area contributed by atoms with Crippen LogP contribution in [0.2, 0.25) is 10.0 Å². The Morgan fingerprint density at radius 1 is 1.21 bits per heavy atom. The van der Waals surface area contributed by atoms with Gasteiger partial charge in [0, 0.05) is 5.69 Å². The van der Waals surface area contributed by atoms with Gasteiger partial charge in [0.2, 0.25) is 11.8 Å². The first-order valence-corrected chi connectivity index (χ1v) is 6.36. The van der Waals surface area contributed by atoms with E-state index in [1.807, 2.05) is 0 Å². The quantitative estimate of drug-likeness (QED) is 0.810. The molecule has 7 heteroatoms. The van der Waals surface area contributed by atoms with Crippen LogP contribution in [0, 0.1) is 5.82 Å². The Bertz CT molecular complexity index is 542. The Morgan fingerprint density at radius 2 is 1.74 bits per heavy atom. The molecule has 19 heavy (non-hydrogen) atoms. The lowest BCUT2D eigenvalue weighted by molar-refractivity contribution is -0.133. The molecule has 2 amide bonds. The summed E-state index contributed by atoms with van der Waals surface area (Å²) in [6, 6.07) is 1.21. The lowest BCUT2D eigenvalue weighted by Crippen LogP contribution is -2.61.